The molecule has 0 atom stereocenters. The molecule has 3 aromatic rings. The van der Waals surface area contributed by atoms with E-state index in [-0.39, 0.29) is 0 Å². The molecule has 0 saturated carbocycles. The Hall–Kier alpha value is -2.27. The molecule has 0 N–H and O–H groups in total. The van der Waals surface area contributed by atoms with E-state index >= 15 is 0 Å². The molecule has 0 saturated heterocycles. The normalized spacial score (nSPS) is 11.7. The van der Waals surface area contributed by atoms with Gasteiger partial charge in [0.25, 0.3) is 0 Å². The van der Waals surface area contributed by atoms with E-state index in [0.717, 1.165) is 29.0 Å². The van der Waals surface area contributed by atoms with E-state index < -0.39 is 11.7 Å². The van der Waals surface area contributed by atoms with Crippen molar-refractivity contribution in [2.75, 3.05) is 0 Å². The Bertz CT molecular complexity index is 869. The molecule has 0 fully saturated rings. The Morgan fingerprint density at radius 1 is 1.08 bits per heavy atom. The Morgan fingerprint density at radius 2 is 1.83 bits per heavy atom. The summed E-state index contributed by atoms with van der Waals surface area (Å²) in [5, 5.41) is 0.589. The van der Waals surface area contributed by atoms with Crippen LogP contribution >= 0.6 is 11.6 Å². The van der Waals surface area contributed by atoms with Gasteiger partial charge in [0.05, 0.1) is 17.6 Å². The Morgan fingerprint density at radius 3 is 2.46 bits per heavy atom. The van der Waals surface area contributed by atoms with Crippen LogP contribution in [-0.2, 0) is 12.6 Å². The summed E-state index contributed by atoms with van der Waals surface area (Å²) in [6.45, 7) is 1.80. The van der Waals surface area contributed by atoms with E-state index in [1.165, 1.54) is 12.4 Å². The van der Waals surface area contributed by atoms with E-state index in [9.17, 15) is 13.2 Å². The quantitative estimate of drug-likeness (QED) is 0.614. The maximum absolute atomic E-state index is 13.1. The highest BCUT2D eigenvalue weighted by Gasteiger charge is 2.31. The number of alkyl halides is 3. The zero-order valence-corrected chi connectivity index (χ0v) is 13.6. The lowest BCUT2D eigenvalue weighted by molar-refractivity contribution is -0.137. The van der Waals surface area contributed by atoms with E-state index in [4.69, 9.17) is 11.6 Å². The monoisotopic (exact) mass is 350 g/mol. The zero-order valence-electron chi connectivity index (χ0n) is 12.8. The third kappa shape index (κ3) is 3.31. The van der Waals surface area contributed by atoms with E-state index in [1.54, 1.807) is 23.8 Å². The van der Waals surface area contributed by atoms with Crippen molar-refractivity contribution >= 4 is 11.6 Å². The Kier molecular flexibility index (Phi) is 4.37. The summed E-state index contributed by atoms with van der Waals surface area (Å²) in [7, 11) is 0. The molecule has 1 aromatic heterocycles. The molecule has 0 spiro atoms. The maximum atomic E-state index is 13.1. The first-order chi connectivity index (χ1) is 11.4. The number of aryl methyl sites for hydroxylation is 1. The van der Waals surface area contributed by atoms with Gasteiger partial charge in [0.1, 0.15) is 0 Å². The first kappa shape index (κ1) is 16.6. The SMILES string of the molecule is Cc1cncn1-c1cc(C(F)(F)F)ccc1Cc1ccccc1Cl. The van der Waals surface area contributed by atoms with E-state index in [0.29, 0.717) is 17.1 Å². The Labute approximate surface area is 142 Å². The van der Waals surface area contributed by atoms with Crippen molar-refractivity contribution in [2.24, 2.45) is 0 Å². The van der Waals surface area contributed by atoms with Crippen LogP contribution in [0.25, 0.3) is 5.69 Å². The first-order valence-electron chi connectivity index (χ1n) is 7.29. The van der Waals surface area contributed by atoms with Crippen LogP contribution < -0.4 is 0 Å². The molecule has 6 heteroatoms. The van der Waals surface area contributed by atoms with Crippen molar-refractivity contribution < 1.29 is 13.2 Å². The molecule has 0 bridgehead atoms. The van der Waals surface area contributed by atoms with Crippen LogP contribution in [0.1, 0.15) is 22.4 Å². The summed E-state index contributed by atoms with van der Waals surface area (Å²) in [4.78, 5) is 4.01. The number of imidazole rings is 1. The van der Waals surface area contributed by atoms with Gasteiger partial charge in [0.15, 0.2) is 0 Å². The average Bonchev–Trinajstić information content (AvgIpc) is 2.95. The molecule has 0 radical (unpaired) electrons. The third-order valence-electron chi connectivity index (χ3n) is 3.83. The molecule has 124 valence electrons. The molecule has 0 unspecified atom stereocenters. The molecule has 2 nitrogen and oxygen atoms in total. The van der Waals surface area contributed by atoms with Crippen molar-refractivity contribution in [2.45, 2.75) is 19.5 Å². The minimum Gasteiger partial charge on any atom is -0.303 e. The highest BCUT2D eigenvalue weighted by atomic mass is 35.5. The smallest absolute Gasteiger partial charge is 0.303 e. The second-order valence-corrected chi connectivity index (χ2v) is 5.92. The zero-order chi connectivity index (χ0) is 17.3. The fourth-order valence-corrected chi connectivity index (χ4v) is 2.78. The molecule has 0 aliphatic heterocycles. The van der Waals surface area contributed by atoms with Gasteiger partial charge >= 0.3 is 6.18 Å². The topological polar surface area (TPSA) is 17.8 Å². The van der Waals surface area contributed by atoms with Crippen molar-refractivity contribution in [1.82, 2.24) is 9.55 Å². The highest BCUT2D eigenvalue weighted by molar-refractivity contribution is 6.31. The summed E-state index contributed by atoms with van der Waals surface area (Å²) >= 11 is 6.19. The predicted molar refractivity (Wildman–Crippen MR) is 87.6 cm³/mol. The molecule has 0 aliphatic carbocycles. The fourth-order valence-electron chi connectivity index (χ4n) is 2.57. The summed E-state index contributed by atoms with van der Waals surface area (Å²) in [6.07, 6.45) is -0.836. The fraction of sp³-hybridized carbons (Fsp3) is 0.167. The maximum Gasteiger partial charge on any atom is 0.416 e. The van der Waals surface area contributed by atoms with Crippen LogP contribution in [0.2, 0.25) is 5.02 Å². The van der Waals surface area contributed by atoms with Crippen LogP contribution in [0.4, 0.5) is 13.2 Å². The summed E-state index contributed by atoms with van der Waals surface area (Å²) < 4.78 is 40.9. The lowest BCUT2D eigenvalue weighted by Gasteiger charge is -2.16. The summed E-state index contributed by atoms with van der Waals surface area (Å²) in [5.74, 6) is 0. The standard InChI is InChI=1S/C18H14ClF3N2/c1-12-10-23-11-24(12)17-9-15(18(20,21)22)7-6-14(17)8-13-4-2-3-5-16(13)19/h2-7,9-11H,8H2,1H3. The van der Waals surface area contributed by atoms with E-state index in [2.05, 4.69) is 4.98 Å². The second-order valence-electron chi connectivity index (χ2n) is 5.51. The summed E-state index contributed by atoms with van der Waals surface area (Å²) in [6, 6.07) is 11.1. The molecule has 24 heavy (non-hydrogen) atoms. The first-order valence-corrected chi connectivity index (χ1v) is 7.67. The number of hydrogen-bond donors (Lipinski definition) is 0. The molecule has 3 rings (SSSR count). The largest absolute Gasteiger partial charge is 0.416 e. The van der Waals surface area contributed by atoms with Gasteiger partial charge < -0.3 is 4.57 Å². The van der Waals surface area contributed by atoms with Gasteiger partial charge in [-0.25, -0.2) is 4.98 Å². The molecular weight excluding hydrogens is 337 g/mol. The van der Waals surface area contributed by atoms with Gasteiger partial charge in [-0.15, -0.1) is 0 Å². The number of benzene rings is 2. The van der Waals surface area contributed by atoms with Gasteiger partial charge in [-0.3, -0.25) is 0 Å². The lowest BCUT2D eigenvalue weighted by Crippen LogP contribution is -2.09. The van der Waals surface area contributed by atoms with Crippen LogP contribution in [0.15, 0.2) is 55.0 Å². The average molecular weight is 351 g/mol. The van der Waals surface area contributed by atoms with Gasteiger partial charge in [-0.05, 0) is 36.2 Å². The van der Waals surface area contributed by atoms with Crippen molar-refractivity contribution in [3.05, 3.63) is 82.4 Å². The van der Waals surface area contributed by atoms with Crippen molar-refractivity contribution in [3.63, 3.8) is 0 Å². The molecule has 0 aliphatic rings. The van der Waals surface area contributed by atoms with Gasteiger partial charge in [-0.1, -0.05) is 35.9 Å². The van der Waals surface area contributed by atoms with Gasteiger partial charge in [-0.2, -0.15) is 13.2 Å². The number of hydrogen-bond acceptors (Lipinski definition) is 1. The van der Waals surface area contributed by atoms with Crippen LogP contribution in [-0.4, -0.2) is 9.55 Å². The van der Waals surface area contributed by atoms with Crippen molar-refractivity contribution in [1.29, 1.82) is 0 Å². The third-order valence-corrected chi connectivity index (χ3v) is 4.20. The minimum absolute atomic E-state index is 0.435. The second kappa shape index (κ2) is 6.32. The van der Waals surface area contributed by atoms with E-state index in [1.807, 2.05) is 18.2 Å². The summed E-state index contributed by atoms with van der Waals surface area (Å²) in [5.41, 5.74) is 2.14. The molecule has 0 amide bonds. The van der Waals surface area contributed by atoms with Gasteiger partial charge in [0.2, 0.25) is 0 Å². The van der Waals surface area contributed by atoms with Crippen molar-refractivity contribution in [3.8, 4) is 5.69 Å². The highest BCUT2D eigenvalue weighted by Crippen LogP contribution is 2.33. The predicted octanol–water partition coefficient (Wildman–Crippen LogP) is 5.44. The minimum atomic E-state index is -4.40. The molecule has 2 aromatic carbocycles. The van der Waals surface area contributed by atoms with Gasteiger partial charge in [0, 0.05) is 23.3 Å². The number of aromatic nitrogens is 2. The number of nitrogens with zero attached hydrogens (tertiary/aromatic N) is 2. The molecule has 1 heterocycles. The Balaban J connectivity index is 2.12. The van der Waals surface area contributed by atoms with Crippen LogP contribution in [0, 0.1) is 6.92 Å². The lowest BCUT2D eigenvalue weighted by atomic mass is 10.0. The molecular formula is C18H14ClF3N2. The van der Waals surface area contributed by atoms with Crippen LogP contribution in [0.3, 0.4) is 0 Å². The van der Waals surface area contributed by atoms with Crippen LogP contribution in [0.5, 0.6) is 0 Å². The number of rotatable bonds is 3. The number of halogens is 4.